The molecule has 2 heterocycles. The van der Waals surface area contributed by atoms with Crippen LogP contribution in [-0.2, 0) is 17.6 Å². The maximum Gasteiger partial charge on any atom is 0.409 e. The monoisotopic (exact) mass is 433 g/mol. The third kappa shape index (κ3) is 3.81. The average molecular weight is 434 g/mol. The van der Waals surface area contributed by atoms with E-state index < -0.39 is 0 Å². The molecule has 1 aromatic carbocycles. The quantitative estimate of drug-likeness (QED) is 0.524. The van der Waals surface area contributed by atoms with Gasteiger partial charge in [-0.05, 0) is 55.9 Å². The van der Waals surface area contributed by atoms with E-state index in [1.807, 2.05) is 25.1 Å². The number of piperidine rings is 1. The number of rotatable bonds is 1. The summed E-state index contributed by atoms with van der Waals surface area (Å²) in [4.78, 5) is 13.8. The number of nitrogens with zero attached hydrogens (tertiary/aromatic N) is 2. The lowest BCUT2D eigenvalue weighted by Crippen LogP contribution is -2.38. The number of hydrogen-bond acceptors (Lipinski definition) is 3. The smallest absolute Gasteiger partial charge is 0.409 e. The van der Waals surface area contributed by atoms with E-state index in [-0.39, 0.29) is 6.09 Å². The van der Waals surface area contributed by atoms with Crippen LogP contribution < -0.4 is 4.73 Å². The van der Waals surface area contributed by atoms with Gasteiger partial charge in [0.05, 0.1) is 17.2 Å². The number of fused-ring (bicyclic) bond motifs is 2. The number of aromatic nitrogens is 1. The van der Waals surface area contributed by atoms with E-state index in [0.717, 1.165) is 34.4 Å². The van der Waals surface area contributed by atoms with Gasteiger partial charge in [0.1, 0.15) is 0 Å². The highest BCUT2D eigenvalue weighted by molar-refractivity contribution is 6.31. The third-order valence-corrected chi connectivity index (χ3v) is 6.22. The molecular weight excluding hydrogens is 411 g/mol. The van der Waals surface area contributed by atoms with Crippen LogP contribution in [0.15, 0.2) is 36.0 Å². The molecule has 0 radical (unpaired) electrons. The molecule has 2 aromatic rings. The Balaban J connectivity index is 1.83. The molecule has 7 heteroatoms. The van der Waals surface area contributed by atoms with Crippen molar-refractivity contribution in [3.63, 3.8) is 0 Å². The van der Waals surface area contributed by atoms with Gasteiger partial charge in [-0.15, -0.1) is 0 Å². The number of aryl methyl sites for hydroxylation is 1. The van der Waals surface area contributed by atoms with Crippen molar-refractivity contribution in [2.24, 2.45) is 0 Å². The van der Waals surface area contributed by atoms with Gasteiger partial charge in [0.25, 0.3) is 5.69 Å². The standard InChI is InChI=1S/C22H23Cl2N2O3/c1-2-29-22(27)25-10-7-14(8-11-25)20-17-6-4-16(23)13-15(17)3-5-18-19(24)9-12-26(28)21(18)20/h4,6,9,12-13,28H,2-3,5,7-8,10-11H2,1H3/q+1. The summed E-state index contributed by atoms with van der Waals surface area (Å²) < 4.78 is 6.31. The molecule has 0 spiro atoms. The van der Waals surface area contributed by atoms with E-state index in [1.54, 1.807) is 17.2 Å². The molecule has 152 valence electrons. The second-order valence-electron chi connectivity index (χ2n) is 7.30. The highest BCUT2D eigenvalue weighted by Crippen LogP contribution is 2.39. The molecule has 1 amide bonds. The summed E-state index contributed by atoms with van der Waals surface area (Å²) in [5, 5.41) is 12.0. The van der Waals surface area contributed by atoms with E-state index in [4.69, 9.17) is 27.9 Å². The summed E-state index contributed by atoms with van der Waals surface area (Å²) in [6.07, 6.45) is 4.23. The van der Waals surface area contributed by atoms with Crippen molar-refractivity contribution >= 4 is 34.9 Å². The predicted octanol–water partition coefficient (Wildman–Crippen LogP) is 4.67. The van der Waals surface area contributed by atoms with E-state index in [0.29, 0.717) is 49.0 Å². The number of ether oxygens (including phenoxy) is 1. The van der Waals surface area contributed by atoms with Crippen molar-refractivity contribution in [2.75, 3.05) is 19.7 Å². The average Bonchev–Trinajstić information content (AvgIpc) is 2.88. The fourth-order valence-corrected chi connectivity index (χ4v) is 4.68. The fourth-order valence-electron chi connectivity index (χ4n) is 4.25. The second-order valence-corrected chi connectivity index (χ2v) is 8.15. The number of benzene rings is 1. The second kappa shape index (κ2) is 8.25. The van der Waals surface area contributed by atoms with Crippen LogP contribution in [-0.4, -0.2) is 35.9 Å². The van der Waals surface area contributed by atoms with Gasteiger partial charge in [-0.2, -0.15) is 0 Å². The minimum absolute atomic E-state index is 0.273. The predicted molar refractivity (Wildman–Crippen MR) is 112 cm³/mol. The van der Waals surface area contributed by atoms with Crippen molar-refractivity contribution in [1.82, 2.24) is 4.90 Å². The first kappa shape index (κ1) is 20.0. The van der Waals surface area contributed by atoms with Gasteiger partial charge in [-0.1, -0.05) is 34.8 Å². The van der Waals surface area contributed by atoms with Gasteiger partial charge in [0, 0.05) is 34.5 Å². The molecule has 1 aliphatic carbocycles. The van der Waals surface area contributed by atoms with Crippen LogP contribution in [0, 0.1) is 0 Å². The Labute approximate surface area is 180 Å². The van der Waals surface area contributed by atoms with Crippen LogP contribution in [0.3, 0.4) is 0 Å². The number of carbonyl (C=O) groups is 1. The van der Waals surface area contributed by atoms with Crippen molar-refractivity contribution < 1.29 is 19.5 Å². The van der Waals surface area contributed by atoms with Gasteiger partial charge in [0.2, 0.25) is 6.20 Å². The van der Waals surface area contributed by atoms with Gasteiger partial charge in [0.15, 0.2) is 0 Å². The zero-order valence-corrected chi connectivity index (χ0v) is 17.8. The highest BCUT2D eigenvalue weighted by atomic mass is 35.5. The zero-order chi connectivity index (χ0) is 20.5. The lowest BCUT2D eigenvalue weighted by Gasteiger charge is -2.29. The molecule has 2 aliphatic rings. The Morgan fingerprint density at radius 3 is 2.66 bits per heavy atom. The Kier molecular flexibility index (Phi) is 5.70. The topological polar surface area (TPSA) is 53.7 Å². The SMILES string of the molecule is CCOC(=O)N1CCC(=C2c3ccc(Cl)cc3CCc3c(Cl)cc[n+](O)c32)CC1. The number of pyridine rings is 1. The van der Waals surface area contributed by atoms with Crippen LogP contribution >= 0.6 is 23.2 Å². The van der Waals surface area contributed by atoms with Gasteiger partial charge in [-0.3, -0.25) is 5.21 Å². The number of likely N-dealkylation sites (tertiary alicyclic amines) is 1. The van der Waals surface area contributed by atoms with Gasteiger partial charge in [-0.25, -0.2) is 4.79 Å². The summed E-state index contributed by atoms with van der Waals surface area (Å²) in [5.41, 5.74) is 6.07. The van der Waals surface area contributed by atoms with E-state index in [2.05, 4.69) is 0 Å². The number of halogens is 2. The Hall–Kier alpha value is -2.24. The molecule has 0 atom stereocenters. The molecule has 1 aromatic heterocycles. The van der Waals surface area contributed by atoms with Crippen LogP contribution in [0.25, 0.3) is 5.57 Å². The summed E-state index contributed by atoms with van der Waals surface area (Å²) >= 11 is 12.8. The van der Waals surface area contributed by atoms with Crippen LogP contribution in [0.1, 0.15) is 42.1 Å². The number of hydrogen-bond donors (Lipinski definition) is 1. The molecule has 1 N–H and O–H groups in total. The molecule has 1 aliphatic heterocycles. The molecule has 0 unspecified atom stereocenters. The molecule has 5 nitrogen and oxygen atoms in total. The first-order chi connectivity index (χ1) is 14.0. The summed E-state index contributed by atoms with van der Waals surface area (Å²) in [5.74, 6) is 0. The van der Waals surface area contributed by atoms with Crippen molar-refractivity contribution in [1.29, 1.82) is 0 Å². The van der Waals surface area contributed by atoms with Crippen LogP contribution in [0.2, 0.25) is 10.0 Å². The van der Waals surface area contributed by atoms with E-state index >= 15 is 0 Å². The van der Waals surface area contributed by atoms with Crippen molar-refractivity contribution in [2.45, 2.75) is 32.6 Å². The third-order valence-electron chi connectivity index (χ3n) is 5.63. The Bertz CT molecular complexity index is 994. The lowest BCUT2D eigenvalue weighted by atomic mass is 9.88. The Morgan fingerprint density at radius 1 is 1.17 bits per heavy atom. The normalized spacial score (nSPS) is 16.2. The lowest BCUT2D eigenvalue weighted by molar-refractivity contribution is -0.906. The summed E-state index contributed by atoms with van der Waals surface area (Å²) in [7, 11) is 0. The van der Waals surface area contributed by atoms with E-state index in [9.17, 15) is 10.0 Å². The first-order valence-electron chi connectivity index (χ1n) is 9.84. The molecule has 0 bridgehead atoms. The fraction of sp³-hybridized carbons (Fsp3) is 0.364. The van der Waals surface area contributed by atoms with Crippen LogP contribution in [0.4, 0.5) is 4.79 Å². The molecule has 1 saturated heterocycles. The minimum Gasteiger partial charge on any atom is -0.450 e. The van der Waals surface area contributed by atoms with Crippen molar-refractivity contribution in [3.05, 3.63) is 68.5 Å². The van der Waals surface area contributed by atoms with E-state index in [1.165, 1.54) is 10.3 Å². The maximum atomic E-state index is 12.1. The molecule has 1 fully saturated rings. The number of amides is 1. The maximum absolute atomic E-state index is 12.1. The number of carbonyl (C=O) groups excluding carboxylic acids is 1. The largest absolute Gasteiger partial charge is 0.450 e. The Morgan fingerprint density at radius 2 is 1.93 bits per heavy atom. The summed E-state index contributed by atoms with van der Waals surface area (Å²) in [6.45, 7) is 3.35. The van der Waals surface area contributed by atoms with Gasteiger partial charge >= 0.3 is 6.09 Å². The molecular formula is C22H23Cl2N2O3+. The minimum atomic E-state index is -0.273. The molecule has 4 rings (SSSR count). The first-order valence-corrected chi connectivity index (χ1v) is 10.6. The molecule has 0 saturated carbocycles. The van der Waals surface area contributed by atoms with Crippen LogP contribution in [0.5, 0.6) is 0 Å². The van der Waals surface area contributed by atoms with Crippen molar-refractivity contribution in [3.8, 4) is 0 Å². The summed E-state index contributed by atoms with van der Waals surface area (Å²) in [6, 6.07) is 7.61. The zero-order valence-electron chi connectivity index (χ0n) is 16.3. The van der Waals surface area contributed by atoms with Gasteiger partial charge < -0.3 is 9.64 Å². The highest BCUT2D eigenvalue weighted by Gasteiger charge is 2.33. The molecule has 29 heavy (non-hydrogen) atoms.